The highest BCUT2D eigenvalue weighted by molar-refractivity contribution is 7.91. The number of aromatic nitrogens is 4. The molecule has 9 nitrogen and oxygen atoms in total. The van der Waals surface area contributed by atoms with Gasteiger partial charge in [0.1, 0.15) is 22.1 Å². The standard InChI is InChI=1S/C31H24FN5O4S2/c1-37(17-27(38)21-4-3-5-23(14-21)41-2)43(39,40)29-13-12-28(42-29)31-24-15-20(8-11-26(24)33-18-34-31)25-16-35-36-30(25)19-6-9-22(32)10-7-19/h3-16,18H,17H2,1-2H3,(H,35,36). The molecule has 43 heavy (non-hydrogen) atoms. The van der Waals surface area contributed by atoms with E-state index in [0.29, 0.717) is 27.4 Å². The maximum Gasteiger partial charge on any atom is 0.252 e. The average molecular weight is 614 g/mol. The predicted octanol–water partition coefficient (Wildman–Crippen LogP) is 6.07. The van der Waals surface area contributed by atoms with E-state index in [2.05, 4.69) is 20.2 Å². The summed E-state index contributed by atoms with van der Waals surface area (Å²) in [6, 6.07) is 21.6. The maximum absolute atomic E-state index is 13.5. The monoisotopic (exact) mass is 613 g/mol. The van der Waals surface area contributed by atoms with Gasteiger partial charge in [0.05, 0.1) is 41.6 Å². The van der Waals surface area contributed by atoms with Crippen LogP contribution in [0.2, 0.25) is 0 Å². The van der Waals surface area contributed by atoms with E-state index in [1.165, 1.54) is 38.7 Å². The Hall–Kier alpha value is -4.78. The van der Waals surface area contributed by atoms with Crippen molar-refractivity contribution in [2.75, 3.05) is 20.7 Å². The summed E-state index contributed by atoms with van der Waals surface area (Å²) in [5, 5.41) is 7.92. The van der Waals surface area contributed by atoms with Crippen LogP contribution in [0.3, 0.4) is 0 Å². The number of carbonyl (C=O) groups is 1. The second-order valence-electron chi connectivity index (χ2n) is 9.65. The zero-order valence-electron chi connectivity index (χ0n) is 23.0. The van der Waals surface area contributed by atoms with Crippen LogP contribution in [0.1, 0.15) is 10.4 Å². The zero-order chi connectivity index (χ0) is 30.1. The molecule has 3 heterocycles. The molecule has 0 spiro atoms. The number of likely N-dealkylation sites (N-methyl/N-ethyl adjacent to an activating group) is 1. The van der Waals surface area contributed by atoms with Gasteiger partial charge >= 0.3 is 0 Å². The van der Waals surface area contributed by atoms with E-state index in [-0.39, 0.29) is 22.4 Å². The van der Waals surface area contributed by atoms with E-state index in [1.807, 2.05) is 18.2 Å². The number of carbonyl (C=O) groups excluding carboxylic acids is 1. The summed E-state index contributed by atoms with van der Waals surface area (Å²) in [5.41, 5.74) is 4.75. The van der Waals surface area contributed by atoms with E-state index >= 15 is 0 Å². The van der Waals surface area contributed by atoms with Gasteiger partial charge in [-0.15, -0.1) is 11.3 Å². The van der Waals surface area contributed by atoms with Crippen LogP contribution in [0.15, 0.2) is 95.6 Å². The molecule has 0 fully saturated rings. The van der Waals surface area contributed by atoms with E-state index in [0.717, 1.165) is 43.4 Å². The van der Waals surface area contributed by atoms with E-state index in [9.17, 15) is 17.6 Å². The average Bonchev–Trinajstić information content (AvgIpc) is 3.72. The highest BCUT2D eigenvalue weighted by Gasteiger charge is 2.26. The molecule has 6 aromatic rings. The third-order valence-electron chi connectivity index (χ3n) is 6.96. The van der Waals surface area contributed by atoms with Gasteiger partial charge in [-0.25, -0.2) is 22.8 Å². The number of thiophene rings is 1. The highest BCUT2D eigenvalue weighted by atomic mass is 32.2. The van der Waals surface area contributed by atoms with Crippen molar-refractivity contribution in [1.29, 1.82) is 0 Å². The van der Waals surface area contributed by atoms with Crippen molar-refractivity contribution in [2.24, 2.45) is 0 Å². The van der Waals surface area contributed by atoms with E-state index in [1.54, 1.807) is 48.7 Å². The molecule has 0 atom stereocenters. The second-order valence-corrected chi connectivity index (χ2v) is 13.0. The molecule has 3 aromatic heterocycles. The number of halogens is 1. The Morgan fingerprint density at radius 3 is 2.58 bits per heavy atom. The van der Waals surface area contributed by atoms with Crippen LogP contribution in [0.4, 0.5) is 4.39 Å². The van der Waals surface area contributed by atoms with E-state index < -0.39 is 10.0 Å². The molecule has 1 N–H and O–H groups in total. The second kappa shape index (κ2) is 11.5. The van der Waals surface area contributed by atoms with Crippen molar-refractivity contribution in [3.05, 3.63) is 103 Å². The number of aromatic amines is 1. The lowest BCUT2D eigenvalue weighted by Gasteiger charge is -2.15. The normalized spacial score (nSPS) is 11.7. The highest BCUT2D eigenvalue weighted by Crippen LogP contribution is 2.37. The van der Waals surface area contributed by atoms with Crippen molar-refractivity contribution in [3.8, 4) is 38.7 Å². The third kappa shape index (κ3) is 5.55. The number of methoxy groups -OCH3 is 1. The fraction of sp³-hybridized carbons (Fsp3) is 0.0968. The van der Waals surface area contributed by atoms with Gasteiger partial charge in [-0.1, -0.05) is 18.2 Å². The molecular weight excluding hydrogens is 590 g/mol. The van der Waals surface area contributed by atoms with Crippen molar-refractivity contribution in [2.45, 2.75) is 4.21 Å². The molecule has 216 valence electrons. The zero-order valence-corrected chi connectivity index (χ0v) is 24.6. The summed E-state index contributed by atoms with van der Waals surface area (Å²) in [6.45, 7) is -0.330. The van der Waals surface area contributed by atoms with Crippen molar-refractivity contribution in [3.63, 3.8) is 0 Å². The Kier molecular flexibility index (Phi) is 7.57. The predicted molar refractivity (Wildman–Crippen MR) is 163 cm³/mol. The first-order valence-corrected chi connectivity index (χ1v) is 15.3. The minimum Gasteiger partial charge on any atom is -0.497 e. The quantitative estimate of drug-likeness (QED) is 0.197. The summed E-state index contributed by atoms with van der Waals surface area (Å²) < 4.78 is 46.6. The molecule has 0 radical (unpaired) electrons. The molecular formula is C31H24FN5O4S2. The summed E-state index contributed by atoms with van der Waals surface area (Å²) in [4.78, 5) is 22.3. The van der Waals surface area contributed by atoms with Crippen LogP contribution in [-0.4, -0.2) is 59.4 Å². The first kappa shape index (κ1) is 28.3. The first-order chi connectivity index (χ1) is 20.7. The van der Waals surface area contributed by atoms with Gasteiger partial charge < -0.3 is 4.74 Å². The van der Waals surface area contributed by atoms with Gasteiger partial charge in [0, 0.05) is 29.1 Å². The SMILES string of the molecule is COc1cccc(C(=O)CN(C)S(=O)(=O)c2ccc(-c3ncnc4ccc(-c5cn[nH]c5-c5ccc(F)cc5)cc34)s2)c1. The molecule has 0 aliphatic rings. The van der Waals surface area contributed by atoms with Gasteiger partial charge in [0.25, 0.3) is 10.0 Å². The molecule has 12 heteroatoms. The lowest BCUT2D eigenvalue weighted by atomic mass is 9.99. The van der Waals surface area contributed by atoms with Crippen LogP contribution in [-0.2, 0) is 10.0 Å². The van der Waals surface area contributed by atoms with Crippen molar-refractivity contribution in [1.82, 2.24) is 24.5 Å². The van der Waals surface area contributed by atoms with Gasteiger partial charge in [-0.3, -0.25) is 9.89 Å². The number of rotatable bonds is 9. The first-order valence-electron chi connectivity index (χ1n) is 13.0. The number of ether oxygens (including phenoxy) is 1. The van der Waals surface area contributed by atoms with Gasteiger partial charge in [0.15, 0.2) is 5.78 Å². The van der Waals surface area contributed by atoms with Gasteiger partial charge in [0.2, 0.25) is 0 Å². The molecule has 0 unspecified atom stereocenters. The molecule has 0 saturated heterocycles. The molecule has 6 rings (SSSR count). The number of nitrogens with one attached hydrogen (secondary N) is 1. The Morgan fingerprint density at radius 1 is 1.00 bits per heavy atom. The maximum atomic E-state index is 13.5. The fourth-order valence-electron chi connectivity index (χ4n) is 4.68. The third-order valence-corrected chi connectivity index (χ3v) is 10.3. The van der Waals surface area contributed by atoms with Crippen LogP contribution in [0, 0.1) is 5.82 Å². The Labute approximate surface area is 250 Å². The van der Waals surface area contributed by atoms with Crippen LogP contribution >= 0.6 is 11.3 Å². The minimum atomic E-state index is -3.96. The van der Waals surface area contributed by atoms with Gasteiger partial charge in [-0.2, -0.15) is 9.40 Å². The van der Waals surface area contributed by atoms with Crippen LogP contribution < -0.4 is 4.74 Å². The lowest BCUT2D eigenvalue weighted by Crippen LogP contribution is -2.31. The molecule has 3 aromatic carbocycles. The Balaban J connectivity index is 1.31. The number of hydrogen-bond donors (Lipinski definition) is 1. The van der Waals surface area contributed by atoms with Crippen molar-refractivity contribution >= 4 is 38.0 Å². The Bertz CT molecular complexity index is 2070. The summed E-state index contributed by atoms with van der Waals surface area (Å²) in [5.74, 6) is -0.168. The van der Waals surface area contributed by atoms with Crippen LogP contribution in [0.5, 0.6) is 5.75 Å². The topological polar surface area (TPSA) is 118 Å². The summed E-state index contributed by atoms with van der Waals surface area (Å²) in [6.07, 6.45) is 3.13. The van der Waals surface area contributed by atoms with Crippen molar-refractivity contribution < 1.29 is 22.3 Å². The number of Topliss-reactive ketones (excluding diaryl/α,β-unsaturated/α-hetero) is 1. The summed E-state index contributed by atoms with van der Waals surface area (Å²) in [7, 11) is -1.09. The number of ketones is 1. The smallest absolute Gasteiger partial charge is 0.252 e. The van der Waals surface area contributed by atoms with Gasteiger partial charge in [-0.05, 0) is 66.2 Å². The molecule has 0 aliphatic heterocycles. The number of fused-ring (bicyclic) bond motifs is 1. The number of H-pyrrole nitrogens is 1. The number of nitrogens with zero attached hydrogens (tertiary/aromatic N) is 4. The minimum absolute atomic E-state index is 0.0831. The number of benzene rings is 3. The number of sulfonamides is 1. The fourth-order valence-corrected chi connectivity index (χ4v) is 7.33. The summed E-state index contributed by atoms with van der Waals surface area (Å²) >= 11 is 1.06. The molecule has 0 saturated carbocycles. The largest absolute Gasteiger partial charge is 0.497 e. The Morgan fingerprint density at radius 2 is 1.79 bits per heavy atom. The lowest BCUT2D eigenvalue weighted by molar-refractivity contribution is 0.0972. The van der Waals surface area contributed by atoms with Crippen LogP contribution in [0.25, 0.3) is 43.9 Å². The molecule has 0 amide bonds. The molecule has 0 aliphatic carbocycles. The van der Waals surface area contributed by atoms with E-state index in [4.69, 9.17) is 4.74 Å². The number of hydrogen-bond acceptors (Lipinski definition) is 8. The molecule has 0 bridgehead atoms.